The van der Waals surface area contributed by atoms with Gasteiger partial charge >= 0.3 is 0 Å². The molecule has 5 heteroatoms. The summed E-state index contributed by atoms with van der Waals surface area (Å²) < 4.78 is 7.12. The molecule has 0 amide bonds. The Hall–Kier alpha value is -0.580. The SMILES string of the molecule is Cc1nn(C)c(Cl)c1CNCCOC(C)C. The first kappa shape index (κ1) is 13.5. The zero-order valence-electron chi connectivity index (χ0n) is 10.4. The lowest BCUT2D eigenvalue weighted by molar-refractivity contribution is 0.0807. The van der Waals surface area contributed by atoms with Crippen LogP contribution >= 0.6 is 11.6 Å². The van der Waals surface area contributed by atoms with Crippen LogP contribution in [0.25, 0.3) is 0 Å². The van der Waals surface area contributed by atoms with Gasteiger partial charge in [-0.3, -0.25) is 4.68 Å². The Morgan fingerprint density at radius 1 is 1.50 bits per heavy atom. The molecule has 1 heterocycles. The Kier molecular flexibility index (Phi) is 5.25. The van der Waals surface area contributed by atoms with Crippen LogP contribution < -0.4 is 5.32 Å². The van der Waals surface area contributed by atoms with Crippen LogP contribution in [-0.2, 0) is 18.3 Å². The minimum atomic E-state index is 0.283. The predicted molar refractivity (Wildman–Crippen MR) is 65.7 cm³/mol. The highest BCUT2D eigenvalue weighted by Gasteiger charge is 2.09. The number of hydrogen-bond donors (Lipinski definition) is 1. The van der Waals surface area contributed by atoms with E-state index in [1.807, 2.05) is 27.8 Å². The summed E-state index contributed by atoms with van der Waals surface area (Å²) in [5.41, 5.74) is 2.04. The van der Waals surface area contributed by atoms with E-state index in [4.69, 9.17) is 16.3 Å². The minimum absolute atomic E-state index is 0.283. The second-order valence-corrected chi connectivity index (χ2v) is 4.43. The largest absolute Gasteiger partial charge is 0.377 e. The van der Waals surface area contributed by atoms with Crippen molar-refractivity contribution in [2.24, 2.45) is 7.05 Å². The van der Waals surface area contributed by atoms with Crippen molar-refractivity contribution in [1.29, 1.82) is 0 Å². The monoisotopic (exact) mass is 245 g/mol. The topological polar surface area (TPSA) is 39.1 Å². The molecule has 0 radical (unpaired) electrons. The lowest BCUT2D eigenvalue weighted by Gasteiger charge is -2.08. The number of aryl methyl sites for hydroxylation is 2. The Balaban J connectivity index is 2.32. The average molecular weight is 246 g/mol. The van der Waals surface area contributed by atoms with Gasteiger partial charge in [0.25, 0.3) is 0 Å². The molecule has 16 heavy (non-hydrogen) atoms. The number of nitrogens with one attached hydrogen (secondary N) is 1. The van der Waals surface area contributed by atoms with Crippen molar-refractivity contribution in [2.45, 2.75) is 33.4 Å². The molecule has 1 rings (SSSR count). The van der Waals surface area contributed by atoms with Crippen molar-refractivity contribution in [2.75, 3.05) is 13.2 Å². The van der Waals surface area contributed by atoms with Crippen LogP contribution in [0.3, 0.4) is 0 Å². The zero-order chi connectivity index (χ0) is 12.1. The third kappa shape index (κ3) is 3.77. The first-order chi connectivity index (χ1) is 7.52. The molecule has 92 valence electrons. The predicted octanol–water partition coefficient (Wildman–Crippen LogP) is 1.90. The number of nitrogens with zero attached hydrogens (tertiary/aromatic N) is 2. The molecule has 0 aliphatic carbocycles. The molecular formula is C11H20ClN3O. The van der Waals surface area contributed by atoms with Gasteiger partial charge in [0.1, 0.15) is 5.15 Å². The third-order valence-electron chi connectivity index (χ3n) is 2.30. The maximum Gasteiger partial charge on any atom is 0.131 e. The van der Waals surface area contributed by atoms with Crippen LogP contribution in [0.2, 0.25) is 5.15 Å². The Morgan fingerprint density at radius 3 is 2.69 bits per heavy atom. The van der Waals surface area contributed by atoms with Gasteiger partial charge in [-0.05, 0) is 20.8 Å². The van der Waals surface area contributed by atoms with Gasteiger partial charge in [0.05, 0.1) is 18.4 Å². The van der Waals surface area contributed by atoms with E-state index in [1.54, 1.807) is 4.68 Å². The third-order valence-corrected chi connectivity index (χ3v) is 2.77. The van der Waals surface area contributed by atoms with Crippen molar-refractivity contribution in [3.8, 4) is 0 Å². The highest BCUT2D eigenvalue weighted by molar-refractivity contribution is 6.30. The molecule has 1 aromatic heterocycles. The second-order valence-electron chi connectivity index (χ2n) is 4.07. The van der Waals surface area contributed by atoms with E-state index < -0.39 is 0 Å². The number of ether oxygens (including phenoxy) is 1. The summed E-state index contributed by atoms with van der Waals surface area (Å²) in [4.78, 5) is 0. The van der Waals surface area contributed by atoms with E-state index in [0.717, 1.165) is 24.3 Å². The molecule has 0 saturated carbocycles. The summed E-state index contributed by atoms with van der Waals surface area (Å²) >= 11 is 6.11. The number of rotatable bonds is 6. The maximum absolute atomic E-state index is 6.11. The normalized spacial score (nSPS) is 11.4. The Labute approximate surface area is 102 Å². The van der Waals surface area contributed by atoms with E-state index in [2.05, 4.69) is 10.4 Å². The van der Waals surface area contributed by atoms with E-state index in [0.29, 0.717) is 11.8 Å². The van der Waals surface area contributed by atoms with Crippen LogP contribution in [-0.4, -0.2) is 29.0 Å². The minimum Gasteiger partial charge on any atom is -0.377 e. The molecule has 0 spiro atoms. The second kappa shape index (κ2) is 6.23. The van der Waals surface area contributed by atoms with Gasteiger partial charge in [0, 0.05) is 25.7 Å². The molecule has 0 aliphatic rings. The molecular weight excluding hydrogens is 226 g/mol. The summed E-state index contributed by atoms with van der Waals surface area (Å²) in [6.07, 6.45) is 0.283. The molecule has 0 unspecified atom stereocenters. The molecule has 0 fully saturated rings. The van der Waals surface area contributed by atoms with Gasteiger partial charge in [0.2, 0.25) is 0 Å². The average Bonchev–Trinajstić information content (AvgIpc) is 2.43. The van der Waals surface area contributed by atoms with Crippen LogP contribution in [0, 0.1) is 6.92 Å². The summed E-state index contributed by atoms with van der Waals surface area (Å²) in [6, 6.07) is 0. The van der Waals surface area contributed by atoms with Gasteiger partial charge in [-0.15, -0.1) is 0 Å². The van der Waals surface area contributed by atoms with E-state index in [-0.39, 0.29) is 6.10 Å². The van der Waals surface area contributed by atoms with Crippen molar-refractivity contribution in [1.82, 2.24) is 15.1 Å². The van der Waals surface area contributed by atoms with Gasteiger partial charge < -0.3 is 10.1 Å². The standard InChI is InChI=1S/C11H20ClN3O/c1-8(2)16-6-5-13-7-10-9(3)14-15(4)11(10)12/h8,13H,5-7H2,1-4H3. The van der Waals surface area contributed by atoms with Gasteiger partial charge in [-0.2, -0.15) is 5.10 Å². The molecule has 1 aromatic rings. The van der Waals surface area contributed by atoms with E-state index >= 15 is 0 Å². The fraction of sp³-hybridized carbons (Fsp3) is 0.727. The maximum atomic E-state index is 6.11. The van der Waals surface area contributed by atoms with Gasteiger partial charge in [-0.1, -0.05) is 11.6 Å². The number of hydrogen-bond acceptors (Lipinski definition) is 3. The van der Waals surface area contributed by atoms with Crippen molar-refractivity contribution in [3.05, 3.63) is 16.4 Å². The molecule has 0 bridgehead atoms. The highest BCUT2D eigenvalue weighted by atomic mass is 35.5. The zero-order valence-corrected chi connectivity index (χ0v) is 11.1. The highest BCUT2D eigenvalue weighted by Crippen LogP contribution is 2.17. The fourth-order valence-corrected chi connectivity index (χ4v) is 1.70. The lowest BCUT2D eigenvalue weighted by atomic mass is 10.2. The van der Waals surface area contributed by atoms with Crippen LogP contribution in [0.5, 0.6) is 0 Å². The summed E-state index contributed by atoms with van der Waals surface area (Å²) in [5.74, 6) is 0. The number of halogens is 1. The molecule has 0 atom stereocenters. The van der Waals surface area contributed by atoms with Crippen molar-refractivity contribution < 1.29 is 4.74 Å². The summed E-state index contributed by atoms with van der Waals surface area (Å²) in [6.45, 7) is 8.30. The summed E-state index contributed by atoms with van der Waals surface area (Å²) in [7, 11) is 1.85. The molecule has 0 saturated heterocycles. The van der Waals surface area contributed by atoms with Gasteiger partial charge in [-0.25, -0.2) is 0 Å². The first-order valence-electron chi connectivity index (χ1n) is 5.52. The Bertz CT molecular complexity index is 336. The summed E-state index contributed by atoms with van der Waals surface area (Å²) in [5, 5.41) is 8.24. The van der Waals surface area contributed by atoms with E-state index in [9.17, 15) is 0 Å². The van der Waals surface area contributed by atoms with Crippen LogP contribution in [0.1, 0.15) is 25.1 Å². The Morgan fingerprint density at radius 2 is 2.19 bits per heavy atom. The molecule has 1 N–H and O–H groups in total. The molecule has 0 aromatic carbocycles. The quantitative estimate of drug-likeness (QED) is 0.778. The smallest absolute Gasteiger partial charge is 0.131 e. The molecule has 0 aliphatic heterocycles. The van der Waals surface area contributed by atoms with Crippen molar-refractivity contribution in [3.63, 3.8) is 0 Å². The fourth-order valence-electron chi connectivity index (χ4n) is 1.45. The first-order valence-corrected chi connectivity index (χ1v) is 5.90. The number of aromatic nitrogens is 2. The van der Waals surface area contributed by atoms with Crippen molar-refractivity contribution >= 4 is 11.6 Å². The van der Waals surface area contributed by atoms with Crippen LogP contribution in [0.4, 0.5) is 0 Å². The van der Waals surface area contributed by atoms with Gasteiger partial charge in [0.15, 0.2) is 0 Å². The van der Waals surface area contributed by atoms with E-state index in [1.165, 1.54) is 0 Å². The lowest BCUT2D eigenvalue weighted by Crippen LogP contribution is -2.21. The molecule has 4 nitrogen and oxygen atoms in total. The van der Waals surface area contributed by atoms with Crippen LogP contribution in [0.15, 0.2) is 0 Å².